The second-order valence-corrected chi connectivity index (χ2v) is 8.02. The fourth-order valence-electron chi connectivity index (χ4n) is 4.49. The van der Waals surface area contributed by atoms with E-state index >= 15 is 0 Å². The van der Waals surface area contributed by atoms with Gasteiger partial charge in [0.15, 0.2) is 5.96 Å². The van der Waals surface area contributed by atoms with E-state index in [1.54, 1.807) is 0 Å². The summed E-state index contributed by atoms with van der Waals surface area (Å²) >= 11 is 0. The molecule has 3 aliphatic rings. The van der Waals surface area contributed by atoms with Gasteiger partial charge in [-0.1, -0.05) is 12.8 Å². The third-order valence-corrected chi connectivity index (χ3v) is 6.03. The molecule has 0 aromatic heterocycles. The summed E-state index contributed by atoms with van der Waals surface area (Å²) in [6, 6.07) is 0. The minimum atomic E-state index is 0.131. The average molecular weight is 322 g/mol. The van der Waals surface area contributed by atoms with Crippen LogP contribution in [-0.4, -0.2) is 74.3 Å². The summed E-state index contributed by atoms with van der Waals surface area (Å²) < 4.78 is 5.48. The van der Waals surface area contributed by atoms with Crippen LogP contribution in [0.5, 0.6) is 0 Å². The minimum absolute atomic E-state index is 0.131. The molecular formula is C18H34N4O. The molecule has 23 heavy (non-hydrogen) atoms. The molecule has 1 aliphatic carbocycles. The summed E-state index contributed by atoms with van der Waals surface area (Å²) in [7, 11) is 1.92. The van der Waals surface area contributed by atoms with Crippen molar-refractivity contribution < 1.29 is 4.74 Å². The van der Waals surface area contributed by atoms with Gasteiger partial charge in [-0.25, -0.2) is 0 Å². The first-order chi connectivity index (χ1) is 11.1. The van der Waals surface area contributed by atoms with Crippen molar-refractivity contribution in [1.82, 2.24) is 15.1 Å². The molecule has 1 N–H and O–H groups in total. The molecule has 5 nitrogen and oxygen atoms in total. The van der Waals surface area contributed by atoms with Crippen molar-refractivity contribution in [2.45, 2.75) is 45.1 Å². The third kappa shape index (κ3) is 4.00. The van der Waals surface area contributed by atoms with Crippen LogP contribution in [0.4, 0.5) is 0 Å². The lowest BCUT2D eigenvalue weighted by atomic mass is 9.82. The molecule has 2 unspecified atom stereocenters. The predicted octanol–water partition coefficient (Wildman–Crippen LogP) is 1.79. The Morgan fingerprint density at radius 1 is 1.13 bits per heavy atom. The maximum Gasteiger partial charge on any atom is 0.193 e. The molecule has 0 aromatic carbocycles. The van der Waals surface area contributed by atoms with E-state index in [-0.39, 0.29) is 5.54 Å². The lowest BCUT2D eigenvalue weighted by Gasteiger charge is -2.41. The lowest BCUT2D eigenvalue weighted by molar-refractivity contribution is -0.00847. The monoisotopic (exact) mass is 322 g/mol. The molecule has 5 heteroatoms. The van der Waals surface area contributed by atoms with Gasteiger partial charge >= 0.3 is 0 Å². The highest BCUT2D eigenvalue weighted by molar-refractivity contribution is 5.80. The Morgan fingerprint density at radius 3 is 2.30 bits per heavy atom. The first-order valence-corrected chi connectivity index (χ1v) is 9.38. The van der Waals surface area contributed by atoms with Gasteiger partial charge in [-0.3, -0.25) is 9.89 Å². The van der Waals surface area contributed by atoms with Crippen LogP contribution in [0.1, 0.15) is 39.5 Å². The van der Waals surface area contributed by atoms with Crippen molar-refractivity contribution in [1.29, 1.82) is 0 Å². The number of aliphatic imine (C=N–C) groups is 1. The number of guanidine groups is 1. The fourth-order valence-corrected chi connectivity index (χ4v) is 4.49. The highest BCUT2D eigenvalue weighted by Crippen LogP contribution is 2.35. The molecular weight excluding hydrogens is 288 g/mol. The van der Waals surface area contributed by atoms with Gasteiger partial charge in [0.1, 0.15) is 0 Å². The van der Waals surface area contributed by atoms with Gasteiger partial charge in [0.05, 0.1) is 13.2 Å². The zero-order valence-corrected chi connectivity index (χ0v) is 15.2. The molecule has 0 amide bonds. The van der Waals surface area contributed by atoms with E-state index in [2.05, 4.69) is 34.0 Å². The maximum atomic E-state index is 5.48. The van der Waals surface area contributed by atoms with E-state index in [9.17, 15) is 0 Å². The van der Waals surface area contributed by atoms with E-state index in [1.807, 2.05) is 7.05 Å². The largest absolute Gasteiger partial charge is 0.379 e. The molecule has 0 aromatic rings. The second-order valence-electron chi connectivity index (χ2n) is 8.02. The van der Waals surface area contributed by atoms with E-state index < -0.39 is 0 Å². The topological polar surface area (TPSA) is 40.1 Å². The summed E-state index contributed by atoms with van der Waals surface area (Å²) in [5.41, 5.74) is 0.131. The molecule has 3 fully saturated rings. The Bertz CT molecular complexity index is 403. The number of morpholine rings is 1. The summed E-state index contributed by atoms with van der Waals surface area (Å²) in [5, 5.41) is 3.65. The zero-order valence-electron chi connectivity index (χ0n) is 15.2. The molecule has 3 rings (SSSR count). The normalized spacial score (nSPS) is 30.4. The number of hydrogen-bond acceptors (Lipinski definition) is 3. The molecule has 1 saturated carbocycles. The van der Waals surface area contributed by atoms with Crippen LogP contribution in [0.25, 0.3) is 0 Å². The molecule has 0 bridgehead atoms. The van der Waals surface area contributed by atoms with Crippen molar-refractivity contribution in [2.75, 3.05) is 53.0 Å². The van der Waals surface area contributed by atoms with Gasteiger partial charge in [-0.15, -0.1) is 0 Å². The van der Waals surface area contributed by atoms with Crippen LogP contribution in [0, 0.1) is 11.8 Å². The SMILES string of the molecule is CN=C(NCC(C)(C)N1CCOCC1)N1CC2CCCCC2C1. The lowest BCUT2D eigenvalue weighted by Crippen LogP contribution is -2.56. The van der Waals surface area contributed by atoms with Crippen molar-refractivity contribution in [3.63, 3.8) is 0 Å². The van der Waals surface area contributed by atoms with Crippen LogP contribution in [0.2, 0.25) is 0 Å². The average Bonchev–Trinajstić information content (AvgIpc) is 3.00. The van der Waals surface area contributed by atoms with Crippen LogP contribution >= 0.6 is 0 Å². The van der Waals surface area contributed by atoms with Crippen LogP contribution < -0.4 is 5.32 Å². The zero-order chi connectivity index (χ0) is 16.3. The van der Waals surface area contributed by atoms with Crippen LogP contribution in [0.3, 0.4) is 0 Å². The van der Waals surface area contributed by atoms with E-state index in [0.717, 1.165) is 50.6 Å². The van der Waals surface area contributed by atoms with Gasteiger partial charge in [0.2, 0.25) is 0 Å². The molecule has 0 radical (unpaired) electrons. The molecule has 0 spiro atoms. The van der Waals surface area contributed by atoms with Crippen molar-refractivity contribution in [2.24, 2.45) is 16.8 Å². The minimum Gasteiger partial charge on any atom is -0.379 e. The predicted molar refractivity (Wildman–Crippen MR) is 94.9 cm³/mol. The molecule has 2 heterocycles. The first-order valence-electron chi connectivity index (χ1n) is 9.38. The van der Waals surface area contributed by atoms with E-state index in [4.69, 9.17) is 4.74 Å². The van der Waals surface area contributed by atoms with Gasteiger partial charge in [-0.2, -0.15) is 0 Å². The first kappa shape index (κ1) is 17.0. The van der Waals surface area contributed by atoms with E-state index in [1.165, 1.54) is 38.8 Å². The summed E-state index contributed by atoms with van der Waals surface area (Å²) in [6.07, 6.45) is 5.67. The molecule has 2 saturated heterocycles. The Kier molecular flexibility index (Phi) is 5.47. The number of nitrogens with zero attached hydrogens (tertiary/aromatic N) is 3. The number of rotatable bonds is 3. The smallest absolute Gasteiger partial charge is 0.193 e. The number of fused-ring (bicyclic) bond motifs is 1. The summed E-state index contributed by atoms with van der Waals surface area (Å²) in [5.74, 6) is 2.89. The maximum absolute atomic E-state index is 5.48. The summed E-state index contributed by atoms with van der Waals surface area (Å²) in [4.78, 5) is 9.59. The van der Waals surface area contributed by atoms with Gasteiger partial charge in [-0.05, 0) is 38.5 Å². The Morgan fingerprint density at radius 2 is 1.74 bits per heavy atom. The molecule has 2 aliphatic heterocycles. The van der Waals surface area contributed by atoms with E-state index in [0.29, 0.717) is 0 Å². The van der Waals surface area contributed by atoms with Crippen LogP contribution in [-0.2, 0) is 4.74 Å². The van der Waals surface area contributed by atoms with Gasteiger partial charge in [0.25, 0.3) is 0 Å². The standard InChI is InChI=1S/C18H34N4O/c1-18(2,22-8-10-23-11-9-22)14-20-17(19-3)21-12-15-6-4-5-7-16(15)13-21/h15-16H,4-14H2,1-3H3,(H,19,20). The number of ether oxygens (including phenoxy) is 1. The number of hydrogen-bond donors (Lipinski definition) is 1. The fraction of sp³-hybridized carbons (Fsp3) is 0.944. The van der Waals surface area contributed by atoms with Crippen molar-refractivity contribution in [3.8, 4) is 0 Å². The Balaban J connectivity index is 1.53. The third-order valence-electron chi connectivity index (χ3n) is 6.03. The summed E-state index contributed by atoms with van der Waals surface area (Å²) in [6.45, 7) is 11.7. The molecule has 132 valence electrons. The van der Waals surface area contributed by atoms with Crippen molar-refractivity contribution in [3.05, 3.63) is 0 Å². The number of likely N-dealkylation sites (tertiary alicyclic amines) is 1. The number of nitrogens with one attached hydrogen (secondary N) is 1. The van der Waals surface area contributed by atoms with Gasteiger partial charge < -0.3 is 15.0 Å². The Hall–Kier alpha value is -0.810. The highest BCUT2D eigenvalue weighted by atomic mass is 16.5. The second kappa shape index (κ2) is 7.39. The van der Waals surface area contributed by atoms with Crippen LogP contribution in [0.15, 0.2) is 4.99 Å². The van der Waals surface area contributed by atoms with Gasteiger partial charge in [0, 0.05) is 45.3 Å². The molecule has 2 atom stereocenters. The highest BCUT2D eigenvalue weighted by Gasteiger charge is 2.36. The Labute approximate surface area is 141 Å². The quantitative estimate of drug-likeness (QED) is 0.635. The van der Waals surface area contributed by atoms with Crippen molar-refractivity contribution >= 4 is 5.96 Å².